The average molecular weight is 524 g/mol. The molecule has 196 valence electrons. The number of amides is 2. The van der Waals surface area contributed by atoms with Gasteiger partial charge in [0.25, 0.3) is 5.91 Å². The molecule has 1 saturated carbocycles. The van der Waals surface area contributed by atoms with Crippen molar-refractivity contribution < 1.29 is 14.7 Å². The van der Waals surface area contributed by atoms with Gasteiger partial charge >= 0.3 is 0 Å². The van der Waals surface area contributed by atoms with Gasteiger partial charge in [-0.1, -0.05) is 37.6 Å². The quantitative estimate of drug-likeness (QED) is 0.547. The largest absolute Gasteiger partial charge is 0.390 e. The van der Waals surface area contributed by atoms with Gasteiger partial charge < -0.3 is 14.9 Å². The van der Waals surface area contributed by atoms with Gasteiger partial charge in [0.05, 0.1) is 23.0 Å². The molecule has 1 saturated heterocycles. The molecule has 2 aromatic heterocycles. The van der Waals surface area contributed by atoms with Crippen LogP contribution in [0.3, 0.4) is 0 Å². The molecule has 0 atom stereocenters. The van der Waals surface area contributed by atoms with Gasteiger partial charge in [-0.25, -0.2) is 9.50 Å². The Balaban J connectivity index is 1.40. The summed E-state index contributed by atoms with van der Waals surface area (Å²) in [5.41, 5.74) is 2.43. The molecule has 0 unspecified atom stereocenters. The molecule has 1 aliphatic heterocycles. The number of carbonyl (C=O) groups excluding carboxylic acids is 2. The van der Waals surface area contributed by atoms with E-state index in [2.05, 4.69) is 13.8 Å². The van der Waals surface area contributed by atoms with E-state index < -0.39 is 11.1 Å². The van der Waals surface area contributed by atoms with E-state index in [9.17, 15) is 14.7 Å². The smallest absolute Gasteiger partial charge is 0.274 e. The molecule has 5 rings (SSSR count). The SMILES string of the molecule is CC(C)c1cc(-c2ccc(Cl)cc2)nn2cc(C(=O)N3CCN(C(=O)C4CC(C)(O)C4)CC3(C)C)nc12. The van der Waals surface area contributed by atoms with Crippen LogP contribution in [0.25, 0.3) is 16.9 Å². The first-order chi connectivity index (χ1) is 17.3. The lowest BCUT2D eigenvalue weighted by molar-refractivity contribution is -0.153. The number of aromatic nitrogens is 3. The third kappa shape index (κ3) is 4.84. The highest BCUT2D eigenvalue weighted by Gasteiger charge is 2.46. The molecule has 9 heteroatoms. The number of nitrogens with zero attached hydrogens (tertiary/aromatic N) is 5. The maximum absolute atomic E-state index is 13.7. The molecular weight excluding hydrogens is 490 g/mol. The van der Waals surface area contributed by atoms with Crippen molar-refractivity contribution >= 4 is 29.1 Å². The van der Waals surface area contributed by atoms with E-state index >= 15 is 0 Å². The Kier molecular flexibility index (Phi) is 6.31. The monoisotopic (exact) mass is 523 g/mol. The molecule has 0 radical (unpaired) electrons. The van der Waals surface area contributed by atoms with Crippen molar-refractivity contribution in [2.45, 2.75) is 64.5 Å². The fourth-order valence-electron chi connectivity index (χ4n) is 5.58. The molecule has 8 nitrogen and oxygen atoms in total. The summed E-state index contributed by atoms with van der Waals surface area (Å²) < 4.78 is 1.70. The molecule has 3 heterocycles. The van der Waals surface area contributed by atoms with Crippen LogP contribution in [0.5, 0.6) is 0 Å². The first-order valence-corrected chi connectivity index (χ1v) is 13.2. The van der Waals surface area contributed by atoms with Crippen molar-refractivity contribution in [3.8, 4) is 11.3 Å². The van der Waals surface area contributed by atoms with Crippen molar-refractivity contribution in [3.05, 3.63) is 52.8 Å². The van der Waals surface area contributed by atoms with Gasteiger partial charge in [0.2, 0.25) is 5.91 Å². The summed E-state index contributed by atoms with van der Waals surface area (Å²) in [7, 11) is 0. The van der Waals surface area contributed by atoms with Gasteiger partial charge in [-0.15, -0.1) is 0 Å². The number of halogens is 1. The van der Waals surface area contributed by atoms with E-state index in [1.54, 1.807) is 17.6 Å². The normalized spacial score (nSPS) is 23.4. The Bertz CT molecular complexity index is 1350. The van der Waals surface area contributed by atoms with E-state index in [4.69, 9.17) is 21.7 Å². The standard InChI is InChI=1S/C28H34ClN5O3/c1-17(2)21-12-22(18-6-8-20(29)9-7-18)31-34-15-23(30-24(21)34)26(36)33-11-10-32(16-27(33,3)4)25(35)19-13-28(5,37)14-19/h6-9,12,15,17,19,37H,10-11,13-14,16H2,1-5H3. The van der Waals surface area contributed by atoms with Crippen LogP contribution in [0.1, 0.15) is 69.4 Å². The zero-order valence-corrected chi connectivity index (χ0v) is 22.8. The molecule has 1 aromatic carbocycles. The summed E-state index contributed by atoms with van der Waals surface area (Å²) >= 11 is 6.06. The Hall–Kier alpha value is -2.97. The number of rotatable bonds is 4. The number of piperazine rings is 1. The Morgan fingerprint density at radius 1 is 1.11 bits per heavy atom. The van der Waals surface area contributed by atoms with Crippen LogP contribution in [0.15, 0.2) is 36.5 Å². The highest BCUT2D eigenvalue weighted by atomic mass is 35.5. The lowest BCUT2D eigenvalue weighted by Gasteiger charge is -2.49. The number of fused-ring (bicyclic) bond motifs is 1. The second-order valence-corrected chi connectivity index (χ2v) is 12.1. The summed E-state index contributed by atoms with van der Waals surface area (Å²) in [6, 6.07) is 9.55. The molecule has 37 heavy (non-hydrogen) atoms. The van der Waals surface area contributed by atoms with Crippen molar-refractivity contribution in [2.24, 2.45) is 5.92 Å². The van der Waals surface area contributed by atoms with E-state index in [1.807, 2.05) is 54.0 Å². The zero-order valence-electron chi connectivity index (χ0n) is 22.0. The van der Waals surface area contributed by atoms with Crippen molar-refractivity contribution in [1.29, 1.82) is 0 Å². The molecule has 2 fully saturated rings. The maximum atomic E-state index is 13.7. The number of imidazole rings is 1. The lowest BCUT2D eigenvalue weighted by atomic mass is 9.71. The van der Waals surface area contributed by atoms with E-state index in [0.717, 1.165) is 16.8 Å². The summed E-state index contributed by atoms with van der Waals surface area (Å²) in [6.07, 6.45) is 2.69. The highest BCUT2D eigenvalue weighted by molar-refractivity contribution is 6.30. The molecule has 0 spiro atoms. The third-order valence-electron chi connectivity index (χ3n) is 7.62. The van der Waals surface area contributed by atoms with E-state index in [0.29, 0.717) is 48.8 Å². The Labute approximate surface area is 222 Å². The van der Waals surface area contributed by atoms with Crippen LogP contribution in [0.2, 0.25) is 5.02 Å². The third-order valence-corrected chi connectivity index (χ3v) is 7.87. The fraction of sp³-hybridized carbons (Fsp3) is 0.500. The Morgan fingerprint density at radius 2 is 1.78 bits per heavy atom. The summed E-state index contributed by atoms with van der Waals surface area (Å²) in [5, 5.41) is 15.5. The van der Waals surface area contributed by atoms with Gasteiger partial charge in [0, 0.05) is 41.7 Å². The first-order valence-electron chi connectivity index (χ1n) is 12.8. The number of hydrogen-bond donors (Lipinski definition) is 1. The van der Waals surface area contributed by atoms with Gasteiger partial charge in [0.15, 0.2) is 5.65 Å². The van der Waals surface area contributed by atoms with E-state index in [-0.39, 0.29) is 23.7 Å². The lowest BCUT2D eigenvalue weighted by Crippen LogP contribution is -2.63. The van der Waals surface area contributed by atoms with Crippen LogP contribution >= 0.6 is 11.6 Å². The molecule has 1 N–H and O–H groups in total. The second kappa shape index (κ2) is 9.10. The predicted molar refractivity (Wildman–Crippen MR) is 143 cm³/mol. The molecule has 2 amide bonds. The minimum absolute atomic E-state index is 0.0694. The van der Waals surface area contributed by atoms with Gasteiger partial charge in [-0.05, 0) is 57.7 Å². The fourth-order valence-corrected chi connectivity index (χ4v) is 5.71. The van der Waals surface area contributed by atoms with Gasteiger partial charge in [-0.2, -0.15) is 5.10 Å². The molecule has 3 aromatic rings. The maximum Gasteiger partial charge on any atom is 0.274 e. The minimum atomic E-state index is -0.743. The van der Waals surface area contributed by atoms with Crippen molar-refractivity contribution in [2.75, 3.05) is 19.6 Å². The first kappa shape index (κ1) is 25.7. The van der Waals surface area contributed by atoms with Crippen molar-refractivity contribution in [1.82, 2.24) is 24.4 Å². The average Bonchev–Trinajstić information content (AvgIpc) is 3.25. The van der Waals surface area contributed by atoms with Crippen LogP contribution in [-0.2, 0) is 4.79 Å². The summed E-state index contributed by atoms with van der Waals surface area (Å²) in [5.74, 6) is -0.0566. The molecule has 1 aliphatic carbocycles. The van der Waals surface area contributed by atoms with Crippen LogP contribution in [0.4, 0.5) is 0 Å². The number of benzene rings is 1. The molecular formula is C28H34ClN5O3. The highest BCUT2D eigenvalue weighted by Crippen LogP contribution is 2.39. The van der Waals surface area contributed by atoms with Crippen LogP contribution in [0, 0.1) is 5.92 Å². The second-order valence-electron chi connectivity index (χ2n) is 11.7. The van der Waals surface area contributed by atoms with E-state index in [1.165, 1.54) is 0 Å². The number of hydrogen-bond acceptors (Lipinski definition) is 5. The predicted octanol–water partition coefficient (Wildman–Crippen LogP) is 4.40. The Morgan fingerprint density at radius 3 is 2.38 bits per heavy atom. The number of carbonyl (C=O) groups is 2. The van der Waals surface area contributed by atoms with Crippen LogP contribution in [-0.4, -0.2) is 72.1 Å². The van der Waals surface area contributed by atoms with Crippen molar-refractivity contribution in [3.63, 3.8) is 0 Å². The van der Waals surface area contributed by atoms with Crippen LogP contribution < -0.4 is 0 Å². The minimum Gasteiger partial charge on any atom is -0.390 e. The topological polar surface area (TPSA) is 91.0 Å². The summed E-state index contributed by atoms with van der Waals surface area (Å²) in [4.78, 5) is 35.0. The van der Waals surface area contributed by atoms with Gasteiger partial charge in [-0.3, -0.25) is 9.59 Å². The number of aliphatic hydroxyl groups is 1. The molecule has 0 bridgehead atoms. The summed E-state index contributed by atoms with van der Waals surface area (Å²) in [6.45, 7) is 11.3. The zero-order chi connectivity index (χ0) is 26.7. The van der Waals surface area contributed by atoms with Gasteiger partial charge in [0.1, 0.15) is 5.69 Å². The molecule has 2 aliphatic rings.